The van der Waals surface area contributed by atoms with E-state index in [4.69, 9.17) is 22.5 Å². The van der Waals surface area contributed by atoms with Crippen molar-refractivity contribution in [1.82, 2.24) is 0 Å². The molecule has 0 fully saturated rings. The normalized spacial score (nSPS) is 11.5. The van der Waals surface area contributed by atoms with Gasteiger partial charge in [-0.2, -0.15) is 0 Å². The molecule has 2 aromatic carbocycles. The van der Waals surface area contributed by atoms with Crippen LogP contribution in [0.4, 0.5) is 14.5 Å². The zero-order chi connectivity index (χ0) is 15.4. The van der Waals surface area contributed by atoms with Crippen molar-refractivity contribution in [3.63, 3.8) is 0 Å². The van der Waals surface area contributed by atoms with Crippen LogP contribution in [0, 0.1) is 11.6 Å². The van der Waals surface area contributed by atoms with Crippen LogP contribution in [0.5, 0.6) is 0 Å². The molecule has 2 rings (SSSR count). The van der Waals surface area contributed by atoms with Crippen LogP contribution in [0.1, 0.15) is 11.1 Å². The second-order valence-corrected chi connectivity index (χ2v) is 4.72. The van der Waals surface area contributed by atoms with Gasteiger partial charge in [-0.15, -0.1) is 0 Å². The minimum Gasteiger partial charge on any atom is -0.409 e. The topological polar surface area (TPSA) is 70.6 Å². The summed E-state index contributed by atoms with van der Waals surface area (Å²) in [5.74, 6) is -1.15. The third kappa shape index (κ3) is 3.82. The van der Waals surface area contributed by atoms with Crippen LogP contribution in [0.25, 0.3) is 0 Å². The molecule has 21 heavy (non-hydrogen) atoms. The number of nitrogens with two attached hydrogens (primary N) is 1. The lowest BCUT2D eigenvalue weighted by molar-refractivity contribution is 0.318. The second kappa shape index (κ2) is 6.41. The van der Waals surface area contributed by atoms with Gasteiger partial charge in [0.15, 0.2) is 5.84 Å². The Morgan fingerprint density at radius 1 is 1.19 bits per heavy atom. The van der Waals surface area contributed by atoms with Crippen LogP contribution in [-0.4, -0.2) is 11.0 Å². The number of oxime groups is 1. The largest absolute Gasteiger partial charge is 0.409 e. The molecule has 7 heteroatoms. The lowest BCUT2D eigenvalue weighted by Gasteiger charge is -2.10. The van der Waals surface area contributed by atoms with Crippen molar-refractivity contribution in [2.75, 3.05) is 5.32 Å². The fourth-order valence-corrected chi connectivity index (χ4v) is 1.97. The average molecular weight is 312 g/mol. The molecule has 110 valence electrons. The number of halogens is 3. The van der Waals surface area contributed by atoms with Crippen LogP contribution in [0.3, 0.4) is 0 Å². The number of hydrogen-bond acceptors (Lipinski definition) is 3. The first kappa shape index (κ1) is 15.1. The molecule has 0 amide bonds. The number of benzene rings is 2. The van der Waals surface area contributed by atoms with Crippen LogP contribution < -0.4 is 11.1 Å². The van der Waals surface area contributed by atoms with Gasteiger partial charge < -0.3 is 16.3 Å². The fraction of sp³-hybridized carbons (Fsp3) is 0.0714. The van der Waals surface area contributed by atoms with Crippen molar-refractivity contribution in [2.45, 2.75) is 6.54 Å². The third-order valence-corrected chi connectivity index (χ3v) is 3.10. The summed E-state index contributed by atoms with van der Waals surface area (Å²) in [6, 6.07) is 7.89. The molecule has 0 bridgehead atoms. The van der Waals surface area contributed by atoms with E-state index in [1.807, 2.05) is 0 Å². The van der Waals surface area contributed by atoms with E-state index in [0.29, 0.717) is 16.3 Å². The molecule has 0 aliphatic rings. The van der Waals surface area contributed by atoms with Crippen LogP contribution in [0.15, 0.2) is 41.6 Å². The van der Waals surface area contributed by atoms with Gasteiger partial charge in [0.25, 0.3) is 0 Å². The van der Waals surface area contributed by atoms with Gasteiger partial charge in [0.2, 0.25) is 0 Å². The lowest BCUT2D eigenvalue weighted by atomic mass is 10.1. The molecule has 0 saturated heterocycles. The Hall–Kier alpha value is -2.34. The Balaban J connectivity index is 2.20. The standard InChI is InChI=1S/C14H12ClF2N3O/c15-12-2-1-10(16)6-13(12)19-7-8-3-9(14(18)20-21)5-11(17)4-8/h1-6,19,21H,7H2,(H2,18,20). The SMILES string of the molecule is N/C(=N/O)c1cc(F)cc(CNc2cc(F)ccc2Cl)c1. The van der Waals surface area contributed by atoms with Crippen LogP contribution in [0.2, 0.25) is 5.02 Å². The molecule has 0 saturated carbocycles. The molecule has 4 N–H and O–H groups in total. The third-order valence-electron chi connectivity index (χ3n) is 2.77. The van der Waals surface area contributed by atoms with E-state index < -0.39 is 11.6 Å². The first-order valence-electron chi connectivity index (χ1n) is 5.96. The van der Waals surface area contributed by atoms with E-state index >= 15 is 0 Å². The molecular weight excluding hydrogens is 300 g/mol. The summed E-state index contributed by atoms with van der Waals surface area (Å²) in [4.78, 5) is 0. The highest BCUT2D eigenvalue weighted by Gasteiger charge is 2.06. The van der Waals surface area contributed by atoms with Gasteiger partial charge in [-0.1, -0.05) is 16.8 Å². The lowest BCUT2D eigenvalue weighted by Crippen LogP contribution is -2.14. The summed E-state index contributed by atoms with van der Waals surface area (Å²) in [6.07, 6.45) is 0. The number of amidine groups is 1. The van der Waals surface area contributed by atoms with E-state index in [1.165, 1.54) is 24.3 Å². The van der Waals surface area contributed by atoms with Crippen molar-refractivity contribution in [2.24, 2.45) is 10.9 Å². The fourth-order valence-electron chi connectivity index (χ4n) is 1.79. The van der Waals surface area contributed by atoms with E-state index in [9.17, 15) is 8.78 Å². The van der Waals surface area contributed by atoms with Gasteiger partial charge in [-0.05, 0) is 42.0 Å². The molecule has 0 aliphatic carbocycles. The predicted octanol–water partition coefficient (Wildman–Crippen LogP) is 3.32. The minimum absolute atomic E-state index is 0.195. The van der Waals surface area contributed by atoms with Gasteiger partial charge in [0.1, 0.15) is 11.6 Å². The maximum Gasteiger partial charge on any atom is 0.170 e. The monoisotopic (exact) mass is 311 g/mol. The predicted molar refractivity (Wildman–Crippen MR) is 77.6 cm³/mol. The number of anilines is 1. The molecule has 4 nitrogen and oxygen atoms in total. The van der Waals surface area contributed by atoms with Crippen molar-refractivity contribution in [3.05, 3.63) is 64.2 Å². The second-order valence-electron chi connectivity index (χ2n) is 4.31. The van der Waals surface area contributed by atoms with Crippen LogP contribution >= 0.6 is 11.6 Å². The molecule has 0 heterocycles. The number of hydrogen-bond donors (Lipinski definition) is 3. The Morgan fingerprint density at radius 3 is 2.67 bits per heavy atom. The van der Waals surface area contributed by atoms with Crippen molar-refractivity contribution >= 4 is 23.1 Å². The van der Waals surface area contributed by atoms with Gasteiger partial charge in [0.05, 0.1) is 10.7 Å². The number of nitrogens with one attached hydrogen (secondary N) is 1. The first-order valence-corrected chi connectivity index (χ1v) is 6.33. The zero-order valence-corrected chi connectivity index (χ0v) is 11.5. The van der Waals surface area contributed by atoms with Crippen molar-refractivity contribution in [1.29, 1.82) is 0 Å². The highest BCUT2D eigenvalue weighted by molar-refractivity contribution is 6.33. The van der Waals surface area contributed by atoms with Gasteiger partial charge >= 0.3 is 0 Å². The Bertz CT molecular complexity index is 692. The zero-order valence-electron chi connectivity index (χ0n) is 10.8. The maximum atomic E-state index is 13.5. The summed E-state index contributed by atoms with van der Waals surface area (Å²) >= 11 is 5.92. The maximum absolute atomic E-state index is 13.5. The highest BCUT2D eigenvalue weighted by Crippen LogP contribution is 2.23. The Labute approximate surface area is 124 Å². The molecule has 0 atom stereocenters. The highest BCUT2D eigenvalue weighted by atomic mass is 35.5. The number of nitrogens with zero attached hydrogens (tertiary/aromatic N) is 1. The molecule has 0 radical (unpaired) electrons. The smallest absolute Gasteiger partial charge is 0.170 e. The summed E-state index contributed by atoms with van der Waals surface area (Å²) in [5, 5.41) is 14.7. The van der Waals surface area contributed by atoms with Gasteiger partial charge in [-0.25, -0.2) is 8.78 Å². The average Bonchev–Trinajstić information content (AvgIpc) is 2.46. The molecule has 0 aromatic heterocycles. The molecule has 2 aromatic rings. The summed E-state index contributed by atoms with van der Waals surface area (Å²) < 4.78 is 26.6. The van der Waals surface area contributed by atoms with E-state index in [2.05, 4.69) is 10.5 Å². The minimum atomic E-state index is -0.527. The summed E-state index contributed by atoms with van der Waals surface area (Å²) in [6.45, 7) is 0.201. The molecule has 0 unspecified atom stereocenters. The van der Waals surface area contributed by atoms with Crippen molar-refractivity contribution in [3.8, 4) is 0 Å². The first-order chi connectivity index (χ1) is 9.99. The van der Waals surface area contributed by atoms with Gasteiger partial charge in [0, 0.05) is 12.1 Å². The van der Waals surface area contributed by atoms with E-state index in [1.54, 1.807) is 6.07 Å². The Morgan fingerprint density at radius 2 is 1.95 bits per heavy atom. The quantitative estimate of drug-likeness (QED) is 0.351. The summed E-state index contributed by atoms with van der Waals surface area (Å²) in [7, 11) is 0. The van der Waals surface area contributed by atoms with E-state index in [-0.39, 0.29) is 17.9 Å². The Kier molecular flexibility index (Phi) is 4.59. The van der Waals surface area contributed by atoms with E-state index in [0.717, 1.165) is 6.07 Å². The summed E-state index contributed by atoms with van der Waals surface area (Å²) in [5.41, 5.74) is 6.61. The molecule has 0 spiro atoms. The van der Waals surface area contributed by atoms with Gasteiger partial charge in [-0.3, -0.25) is 0 Å². The van der Waals surface area contributed by atoms with Crippen LogP contribution in [-0.2, 0) is 6.54 Å². The molecule has 0 aliphatic heterocycles. The van der Waals surface area contributed by atoms with Crippen molar-refractivity contribution < 1.29 is 14.0 Å². The number of rotatable bonds is 4. The molecular formula is C14H12ClF2N3O.